The molecule has 0 spiro atoms. The molecule has 0 radical (unpaired) electrons. The van der Waals surface area contributed by atoms with Gasteiger partial charge in [0.2, 0.25) is 0 Å². The predicted molar refractivity (Wildman–Crippen MR) is 85.6 cm³/mol. The van der Waals surface area contributed by atoms with Gasteiger partial charge in [0.15, 0.2) is 11.6 Å². The van der Waals surface area contributed by atoms with Crippen LogP contribution in [0.25, 0.3) is 0 Å². The molecule has 0 fully saturated rings. The molecule has 0 bridgehead atoms. The van der Waals surface area contributed by atoms with Crippen LogP contribution < -0.4 is 9.64 Å². The van der Waals surface area contributed by atoms with E-state index in [1.165, 1.54) is 6.07 Å². The molecule has 2 aromatic carbocycles. The normalized spacial score (nSPS) is 11.5. The van der Waals surface area contributed by atoms with Crippen molar-refractivity contribution in [2.24, 2.45) is 0 Å². The van der Waals surface area contributed by atoms with Gasteiger partial charge in [-0.3, -0.25) is 0 Å². The van der Waals surface area contributed by atoms with Crippen molar-refractivity contribution < 1.29 is 9.13 Å². The maximum atomic E-state index is 13.4. The fraction of sp³-hybridized carbons (Fsp3) is 0.278. The predicted octanol–water partition coefficient (Wildman–Crippen LogP) is 3.97. The number of rotatable bonds is 6. The zero-order valence-electron chi connectivity index (χ0n) is 12.8. The molecule has 0 N–H and O–H groups in total. The highest BCUT2D eigenvalue weighted by atomic mass is 19.1. The van der Waals surface area contributed by atoms with Gasteiger partial charge in [0.1, 0.15) is 0 Å². The van der Waals surface area contributed by atoms with Gasteiger partial charge >= 0.3 is 0 Å². The van der Waals surface area contributed by atoms with E-state index in [0.29, 0.717) is 13.0 Å². The van der Waals surface area contributed by atoms with Crippen molar-refractivity contribution in [3.8, 4) is 11.8 Å². The molecule has 0 saturated heterocycles. The van der Waals surface area contributed by atoms with Crippen molar-refractivity contribution in [1.82, 2.24) is 0 Å². The van der Waals surface area contributed by atoms with Crippen LogP contribution in [-0.2, 0) is 0 Å². The minimum Gasteiger partial charge on any atom is -0.490 e. The Morgan fingerprint density at radius 3 is 2.41 bits per heavy atom. The lowest BCUT2D eigenvalue weighted by molar-refractivity contribution is 0.291. The van der Waals surface area contributed by atoms with Gasteiger partial charge in [-0.25, -0.2) is 4.39 Å². The summed E-state index contributed by atoms with van der Waals surface area (Å²) in [6, 6.07) is 16.4. The quantitative estimate of drug-likeness (QED) is 0.809. The maximum absolute atomic E-state index is 13.4. The highest BCUT2D eigenvalue weighted by molar-refractivity contribution is 5.47. The van der Waals surface area contributed by atoms with Crippen LogP contribution in [0.4, 0.5) is 10.1 Å². The molecule has 0 aliphatic heterocycles. The van der Waals surface area contributed by atoms with Gasteiger partial charge in [-0.05, 0) is 29.8 Å². The number of benzene rings is 2. The second kappa shape index (κ2) is 7.46. The molecule has 2 aromatic rings. The molecule has 3 nitrogen and oxygen atoms in total. The van der Waals surface area contributed by atoms with Crippen molar-refractivity contribution in [2.45, 2.75) is 12.3 Å². The number of halogens is 1. The molecule has 1 atom stereocenters. The van der Waals surface area contributed by atoms with Crippen molar-refractivity contribution in [3.05, 3.63) is 59.9 Å². The molecule has 114 valence electrons. The highest BCUT2D eigenvalue weighted by Gasteiger charge is 2.12. The molecule has 22 heavy (non-hydrogen) atoms. The average Bonchev–Trinajstić information content (AvgIpc) is 2.53. The fourth-order valence-corrected chi connectivity index (χ4v) is 2.16. The summed E-state index contributed by atoms with van der Waals surface area (Å²) < 4.78 is 18.9. The average molecular weight is 298 g/mol. The van der Waals surface area contributed by atoms with E-state index < -0.39 is 0 Å². The van der Waals surface area contributed by atoms with Gasteiger partial charge in [-0.1, -0.05) is 24.3 Å². The van der Waals surface area contributed by atoms with Crippen molar-refractivity contribution >= 4 is 5.69 Å². The molecule has 0 aliphatic carbocycles. The van der Waals surface area contributed by atoms with Crippen LogP contribution >= 0.6 is 0 Å². The number of hydrogen-bond acceptors (Lipinski definition) is 3. The standard InChI is InChI=1S/C18H19FN2O/c1-21(2)16-9-7-14(8-10-16)15(13-20)11-12-22-18-6-4-3-5-17(18)19/h3-10,15H,11-12H2,1-2H3. The van der Waals surface area contributed by atoms with Gasteiger partial charge in [-0.15, -0.1) is 0 Å². The summed E-state index contributed by atoms with van der Waals surface area (Å²) >= 11 is 0. The van der Waals surface area contributed by atoms with Gasteiger partial charge in [0.05, 0.1) is 18.6 Å². The summed E-state index contributed by atoms with van der Waals surface area (Å²) in [5.74, 6) is -0.420. The lowest BCUT2D eigenvalue weighted by Crippen LogP contribution is -2.09. The Morgan fingerprint density at radius 1 is 1.14 bits per heavy atom. The minimum atomic E-state index is -0.383. The molecule has 0 amide bonds. The van der Waals surface area contributed by atoms with Crippen LogP contribution in [0.5, 0.6) is 5.75 Å². The molecular formula is C18H19FN2O. The highest BCUT2D eigenvalue weighted by Crippen LogP contribution is 2.23. The zero-order chi connectivity index (χ0) is 15.9. The summed E-state index contributed by atoms with van der Waals surface area (Å²) in [4.78, 5) is 2.01. The van der Waals surface area contributed by atoms with Gasteiger partial charge in [0, 0.05) is 26.2 Å². The van der Waals surface area contributed by atoms with Crippen LogP contribution in [0.15, 0.2) is 48.5 Å². The van der Waals surface area contributed by atoms with Crippen molar-refractivity contribution in [3.63, 3.8) is 0 Å². The summed E-state index contributed by atoms with van der Waals surface area (Å²) in [7, 11) is 3.94. The Balaban J connectivity index is 1.95. The number of anilines is 1. The van der Waals surface area contributed by atoms with Gasteiger partial charge in [0.25, 0.3) is 0 Å². The first-order valence-electron chi connectivity index (χ1n) is 7.16. The van der Waals surface area contributed by atoms with Crippen molar-refractivity contribution in [2.75, 3.05) is 25.6 Å². The largest absolute Gasteiger partial charge is 0.490 e. The van der Waals surface area contributed by atoms with Gasteiger partial charge in [-0.2, -0.15) is 5.26 Å². The summed E-state index contributed by atoms with van der Waals surface area (Å²) in [6.07, 6.45) is 0.520. The molecule has 0 aliphatic rings. The number of hydrogen-bond donors (Lipinski definition) is 0. The monoisotopic (exact) mass is 298 g/mol. The summed E-state index contributed by atoms with van der Waals surface area (Å²) in [5.41, 5.74) is 2.04. The Labute approximate surface area is 130 Å². The molecule has 2 rings (SSSR count). The topological polar surface area (TPSA) is 36.3 Å². The van der Waals surface area contributed by atoms with E-state index in [0.717, 1.165) is 11.3 Å². The lowest BCUT2D eigenvalue weighted by Gasteiger charge is -2.15. The third-order valence-corrected chi connectivity index (χ3v) is 3.47. The van der Waals surface area contributed by atoms with E-state index in [-0.39, 0.29) is 17.5 Å². The third-order valence-electron chi connectivity index (χ3n) is 3.47. The number of ether oxygens (including phenoxy) is 1. The SMILES string of the molecule is CN(C)c1ccc(C(C#N)CCOc2ccccc2F)cc1. The fourth-order valence-electron chi connectivity index (χ4n) is 2.16. The Kier molecular flexibility index (Phi) is 5.37. The van der Waals surface area contributed by atoms with E-state index >= 15 is 0 Å². The molecule has 0 saturated carbocycles. The van der Waals surface area contributed by atoms with Crippen molar-refractivity contribution in [1.29, 1.82) is 5.26 Å². The molecular weight excluding hydrogens is 279 g/mol. The van der Waals surface area contributed by atoms with Crippen LogP contribution in [-0.4, -0.2) is 20.7 Å². The smallest absolute Gasteiger partial charge is 0.165 e. The Hall–Kier alpha value is -2.54. The summed E-state index contributed by atoms with van der Waals surface area (Å²) in [6.45, 7) is 0.300. The van der Waals surface area contributed by atoms with Crippen LogP contribution in [0.3, 0.4) is 0 Å². The first-order valence-corrected chi connectivity index (χ1v) is 7.16. The molecule has 4 heteroatoms. The van der Waals surface area contributed by atoms with E-state index in [1.54, 1.807) is 18.2 Å². The molecule has 0 heterocycles. The molecule has 0 aromatic heterocycles. The van der Waals surface area contributed by atoms with E-state index in [4.69, 9.17) is 4.74 Å². The number of para-hydroxylation sites is 1. The van der Waals surface area contributed by atoms with Crippen LogP contribution in [0, 0.1) is 17.1 Å². The Morgan fingerprint density at radius 2 is 1.82 bits per heavy atom. The third kappa shape index (κ3) is 3.98. The van der Waals surface area contributed by atoms with Gasteiger partial charge < -0.3 is 9.64 Å². The molecule has 1 unspecified atom stereocenters. The van der Waals surface area contributed by atoms with E-state index in [1.807, 2.05) is 43.3 Å². The van der Waals surface area contributed by atoms with E-state index in [9.17, 15) is 9.65 Å². The maximum Gasteiger partial charge on any atom is 0.165 e. The van der Waals surface area contributed by atoms with E-state index in [2.05, 4.69) is 6.07 Å². The minimum absolute atomic E-state index is 0.224. The first-order chi connectivity index (χ1) is 10.6. The number of nitriles is 1. The second-order valence-electron chi connectivity index (χ2n) is 5.24. The van der Waals surface area contributed by atoms with Crippen LogP contribution in [0.1, 0.15) is 17.9 Å². The second-order valence-corrected chi connectivity index (χ2v) is 5.24. The number of nitrogens with zero attached hydrogens (tertiary/aromatic N) is 2. The summed E-state index contributed by atoms with van der Waals surface area (Å²) in [5, 5.41) is 9.32. The Bertz CT molecular complexity index is 647. The lowest BCUT2D eigenvalue weighted by atomic mass is 9.97. The zero-order valence-corrected chi connectivity index (χ0v) is 12.8. The first kappa shape index (κ1) is 15.8. The van der Waals surface area contributed by atoms with Crippen LogP contribution in [0.2, 0.25) is 0 Å².